The first-order valence-electron chi connectivity index (χ1n) is 9.15. The Hall–Kier alpha value is -2.99. The quantitative estimate of drug-likeness (QED) is 0.462. The molecule has 0 bridgehead atoms. The first kappa shape index (κ1) is 20.7. The second kappa shape index (κ2) is 8.17. The number of ether oxygens (including phenoxy) is 1. The summed E-state index contributed by atoms with van der Waals surface area (Å²) in [7, 11) is 1.30. The highest BCUT2D eigenvalue weighted by Crippen LogP contribution is 2.28. The first-order chi connectivity index (χ1) is 13.7. The lowest BCUT2D eigenvalue weighted by atomic mass is 9.95. The van der Waals surface area contributed by atoms with Crippen molar-refractivity contribution < 1.29 is 9.53 Å². The zero-order valence-corrected chi connectivity index (χ0v) is 17.8. The molecule has 6 nitrogen and oxygen atoms in total. The molecule has 0 aliphatic rings. The lowest BCUT2D eigenvalue weighted by Crippen LogP contribution is -2.15. The molecule has 3 aromatic rings. The summed E-state index contributed by atoms with van der Waals surface area (Å²) in [5.41, 5.74) is 3.80. The molecule has 0 fully saturated rings. The normalized spacial score (nSPS) is 11.2. The largest absolute Gasteiger partial charge is 0.465 e. The SMILES string of the molecule is COC(=O)c1ccc(Nc2cc(-c3ccnc(C(C)(C)C)n3)ccc2C)nc1Cl. The van der Waals surface area contributed by atoms with Crippen molar-refractivity contribution in [2.75, 3.05) is 12.4 Å². The van der Waals surface area contributed by atoms with Crippen molar-refractivity contribution in [3.8, 4) is 11.3 Å². The average Bonchev–Trinajstić information content (AvgIpc) is 2.68. The summed E-state index contributed by atoms with van der Waals surface area (Å²) in [5, 5.41) is 3.35. The number of hydrogen-bond acceptors (Lipinski definition) is 6. The van der Waals surface area contributed by atoms with Gasteiger partial charge in [0.05, 0.1) is 18.4 Å². The predicted molar refractivity (Wildman–Crippen MR) is 115 cm³/mol. The van der Waals surface area contributed by atoms with Gasteiger partial charge >= 0.3 is 5.97 Å². The predicted octanol–water partition coefficient (Wildman–Crippen LogP) is 5.33. The topological polar surface area (TPSA) is 77.0 Å². The Bertz CT molecular complexity index is 1060. The fourth-order valence-corrected chi connectivity index (χ4v) is 2.93. The maximum Gasteiger partial charge on any atom is 0.341 e. The molecule has 0 aliphatic heterocycles. The molecule has 150 valence electrons. The number of methoxy groups -OCH3 is 1. The number of aryl methyl sites for hydroxylation is 1. The van der Waals surface area contributed by atoms with Gasteiger partial charge in [-0.05, 0) is 36.8 Å². The van der Waals surface area contributed by atoms with Crippen LogP contribution in [0.5, 0.6) is 0 Å². The van der Waals surface area contributed by atoms with Crippen molar-refractivity contribution in [3.63, 3.8) is 0 Å². The van der Waals surface area contributed by atoms with Crippen LogP contribution in [-0.2, 0) is 10.2 Å². The van der Waals surface area contributed by atoms with Crippen molar-refractivity contribution in [1.82, 2.24) is 15.0 Å². The van der Waals surface area contributed by atoms with E-state index in [4.69, 9.17) is 21.3 Å². The van der Waals surface area contributed by atoms with E-state index in [-0.39, 0.29) is 16.1 Å². The zero-order valence-electron chi connectivity index (χ0n) is 17.1. The smallest absolute Gasteiger partial charge is 0.341 e. The monoisotopic (exact) mass is 410 g/mol. The van der Waals surface area contributed by atoms with Gasteiger partial charge in [0.2, 0.25) is 0 Å². The van der Waals surface area contributed by atoms with E-state index in [1.165, 1.54) is 7.11 Å². The van der Waals surface area contributed by atoms with Crippen LogP contribution in [0, 0.1) is 6.92 Å². The molecule has 2 heterocycles. The summed E-state index contributed by atoms with van der Waals surface area (Å²) in [5.74, 6) is 0.795. The zero-order chi connectivity index (χ0) is 21.2. The minimum atomic E-state index is -0.523. The van der Waals surface area contributed by atoms with Crippen molar-refractivity contribution in [1.29, 1.82) is 0 Å². The number of rotatable bonds is 4. The van der Waals surface area contributed by atoms with Crippen molar-refractivity contribution in [2.45, 2.75) is 33.1 Å². The second-order valence-corrected chi connectivity index (χ2v) is 8.05. The summed E-state index contributed by atoms with van der Waals surface area (Å²) in [6.45, 7) is 8.25. The highest BCUT2D eigenvalue weighted by atomic mass is 35.5. The van der Waals surface area contributed by atoms with Crippen LogP contribution >= 0.6 is 11.6 Å². The van der Waals surface area contributed by atoms with Gasteiger partial charge in [0.25, 0.3) is 0 Å². The van der Waals surface area contributed by atoms with Gasteiger partial charge in [-0.2, -0.15) is 0 Å². The van der Waals surface area contributed by atoms with Crippen LogP contribution < -0.4 is 5.32 Å². The van der Waals surface area contributed by atoms with E-state index in [1.807, 2.05) is 31.2 Å². The van der Waals surface area contributed by atoms with E-state index in [1.54, 1.807) is 18.3 Å². The van der Waals surface area contributed by atoms with E-state index in [0.717, 1.165) is 28.3 Å². The lowest BCUT2D eigenvalue weighted by molar-refractivity contribution is 0.0600. The Morgan fingerprint density at radius 2 is 1.86 bits per heavy atom. The number of anilines is 2. The third-order valence-electron chi connectivity index (χ3n) is 4.38. The molecule has 0 spiro atoms. The number of nitrogens with one attached hydrogen (secondary N) is 1. The standard InChI is InChI=1S/C22H23ClN4O2/c1-13-6-7-14(16-10-11-24-21(26-16)22(2,3)4)12-17(13)25-18-9-8-15(19(23)27-18)20(28)29-5/h6-12H,1-5H3,(H,25,27). The van der Waals surface area contributed by atoms with E-state index in [9.17, 15) is 4.79 Å². The lowest BCUT2D eigenvalue weighted by Gasteiger charge is -2.17. The third-order valence-corrected chi connectivity index (χ3v) is 4.66. The molecular weight excluding hydrogens is 388 g/mol. The Labute approximate surface area is 175 Å². The van der Waals surface area contributed by atoms with E-state index in [2.05, 4.69) is 36.1 Å². The molecule has 1 N–H and O–H groups in total. The molecule has 0 saturated carbocycles. The number of benzene rings is 1. The summed E-state index contributed by atoms with van der Waals surface area (Å²) in [6.07, 6.45) is 1.78. The maximum atomic E-state index is 11.7. The number of pyridine rings is 1. The number of nitrogens with zero attached hydrogens (tertiary/aromatic N) is 3. The van der Waals surface area contributed by atoms with Gasteiger partial charge in [-0.25, -0.2) is 19.7 Å². The number of aromatic nitrogens is 3. The summed E-state index contributed by atoms with van der Waals surface area (Å²) in [6, 6.07) is 11.2. The highest BCUT2D eigenvalue weighted by molar-refractivity contribution is 6.32. The van der Waals surface area contributed by atoms with Crippen LogP contribution in [0.3, 0.4) is 0 Å². The van der Waals surface area contributed by atoms with Gasteiger partial charge in [-0.15, -0.1) is 0 Å². The molecule has 0 aliphatic carbocycles. The second-order valence-electron chi connectivity index (χ2n) is 7.70. The van der Waals surface area contributed by atoms with Gasteiger partial charge in [-0.1, -0.05) is 44.5 Å². The van der Waals surface area contributed by atoms with E-state index >= 15 is 0 Å². The molecule has 0 amide bonds. The van der Waals surface area contributed by atoms with Gasteiger partial charge in [0, 0.05) is 22.9 Å². The van der Waals surface area contributed by atoms with Crippen molar-refractivity contribution in [2.24, 2.45) is 0 Å². The molecule has 1 aromatic carbocycles. The first-order valence-corrected chi connectivity index (χ1v) is 9.53. The highest BCUT2D eigenvalue weighted by Gasteiger charge is 2.18. The number of halogens is 1. The maximum absolute atomic E-state index is 11.7. The number of esters is 1. The van der Waals surface area contributed by atoms with Crippen LogP contribution in [0.25, 0.3) is 11.3 Å². The Kier molecular flexibility index (Phi) is 5.84. The Morgan fingerprint density at radius 1 is 1.10 bits per heavy atom. The summed E-state index contributed by atoms with van der Waals surface area (Å²) < 4.78 is 4.70. The van der Waals surface area contributed by atoms with Gasteiger partial charge in [0.1, 0.15) is 16.8 Å². The number of carbonyl (C=O) groups is 1. The molecule has 7 heteroatoms. The Morgan fingerprint density at radius 3 is 2.52 bits per heavy atom. The minimum absolute atomic E-state index is 0.0845. The number of carbonyl (C=O) groups excluding carboxylic acids is 1. The minimum Gasteiger partial charge on any atom is -0.465 e. The molecule has 0 radical (unpaired) electrons. The van der Waals surface area contributed by atoms with Gasteiger partial charge in [0.15, 0.2) is 0 Å². The van der Waals surface area contributed by atoms with Crippen LogP contribution in [0.4, 0.5) is 11.5 Å². The van der Waals surface area contributed by atoms with Crippen LogP contribution in [0.2, 0.25) is 5.15 Å². The molecule has 3 rings (SSSR count). The van der Waals surface area contributed by atoms with Crippen LogP contribution in [0.15, 0.2) is 42.6 Å². The summed E-state index contributed by atoms with van der Waals surface area (Å²) >= 11 is 6.13. The van der Waals surface area contributed by atoms with E-state index in [0.29, 0.717) is 5.82 Å². The van der Waals surface area contributed by atoms with Gasteiger partial charge in [-0.3, -0.25) is 0 Å². The molecular formula is C22H23ClN4O2. The van der Waals surface area contributed by atoms with Crippen molar-refractivity contribution in [3.05, 3.63) is 64.7 Å². The summed E-state index contributed by atoms with van der Waals surface area (Å²) in [4.78, 5) is 25.0. The third kappa shape index (κ3) is 4.71. The average molecular weight is 411 g/mol. The van der Waals surface area contributed by atoms with Crippen LogP contribution in [-0.4, -0.2) is 28.0 Å². The fraction of sp³-hybridized carbons (Fsp3) is 0.273. The number of hydrogen-bond donors (Lipinski definition) is 1. The molecule has 0 atom stereocenters. The molecule has 2 aromatic heterocycles. The Balaban J connectivity index is 1.93. The van der Waals surface area contributed by atoms with Crippen LogP contribution in [0.1, 0.15) is 42.5 Å². The van der Waals surface area contributed by atoms with E-state index < -0.39 is 5.97 Å². The molecule has 0 unspecified atom stereocenters. The molecule has 29 heavy (non-hydrogen) atoms. The molecule has 0 saturated heterocycles. The van der Waals surface area contributed by atoms with Crippen molar-refractivity contribution >= 4 is 29.1 Å². The van der Waals surface area contributed by atoms with Gasteiger partial charge < -0.3 is 10.1 Å². The fourth-order valence-electron chi connectivity index (χ4n) is 2.70.